The van der Waals surface area contributed by atoms with Crippen LogP contribution in [0.4, 0.5) is 9.93 Å². The van der Waals surface area contributed by atoms with Gasteiger partial charge in [-0.15, -0.1) is 11.3 Å². The van der Waals surface area contributed by atoms with Gasteiger partial charge in [0.2, 0.25) is 0 Å². The number of amides is 2. The number of carbonyl (C=O) groups is 2. The van der Waals surface area contributed by atoms with Gasteiger partial charge in [-0.25, -0.2) is 9.78 Å². The van der Waals surface area contributed by atoms with Crippen molar-refractivity contribution in [3.8, 4) is 0 Å². The topological polar surface area (TPSA) is 91.3 Å². The Balaban J connectivity index is 2.46. The van der Waals surface area contributed by atoms with E-state index in [4.69, 9.17) is 5.11 Å². The summed E-state index contributed by atoms with van der Waals surface area (Å²) >= 11 is 1.42. The van der Waals surface area contributed by atoms with Gasteiger partial charge in [0.05, 0.1) is 5.69 Å². The van der Waals surface area contributed by atoms with Gasteiger partial charge in [-0.1, -0.05) is 13.8 Å². The molecule has 0 saturated carbocycles. The smallest absolute Gasteiger partial charge is 0.321 e. The maximum absolute atomic E-state index is 11.8. The minimum Gasteiger partial charge on any atom is -0.481 e. The maximum Gasteiger partial charge on any atom is 0.321 e. The van der Waals surface area contributed by atoms with Crippen LogP contribution in [-0.2, 0) is 4.79 Å². The van der Waals surface area contributed by atoms with Crippen molar-refractivity contribution in [2.24, 2.45) is 11.8 Å². The molecular weight excluding hydrogens is 290 g/mol. The Morgan fingerprint density at radius 3 is 2.48 bits per heavy atom. The molecule has 2 amide bonds. The molecular formula is C14H23N3O3S. The quantitative estimate of drug-likeness (QED) is 0.721. The first-order valence-electron chi connectivity index (χ1n) is 6.98. The summed E-state index contributed by atoms with van der Waals surface area (Å²) in [5.41, 5.74) is 0.902. The number of rotatable bonds is 7. The Hall–Kier alpha value is -1.63. The molecule has 21 heavy (non-hydrogen) atoms. The van der Waals surface area contributed by atoms with Crippen molar-refractivity contribution in [1.29, 1.82) is 0 Å². The van der Waals surface area contributed by atoms with Gasteiger partial charge in [0.15, 0.2) is 5.13 Å². The lowest BCUT2D eigenvalue weighted by atomic mass is 9.94. The fourth-order valence-electron chi connectivity index (χ4n) is 2.06. The second kappa shape index (κ2) is 7.97. The zero-order valence-corrected chi connectivity index (χ0v) is 13.7. The Bertz CT molecular complexity index is 480. The van der Waals surface area contributed by atoms with Gasteiger partial charge in [0.1, 0.15) is 0 Å². The molecule has 1 rings (SSSR count). The van der Waals surface area contributed by atoms with Crippen molar-refractivity contribution in [1.82, 2.24) is 10.3 Å². The average Bonchev–Trinajstić information content (AvgIpc) is 2.64. The number of aromatic nitrogens is 1. The largest absolute Gasteiger partial charge is 0.481 e. The first kappa shape index (κ1) is 17.4. The molecule has 0 aliphatic heterocycles. The molecule has 1 heterocycles. The van der Waals surface area contributed by atoms with Crippen LogP contribution in [0.3, 0.4) is 0 Å². The SMILES string of the molecule is Cc1nc(NC(=O)NCC(CC(=O)O)CC(C)C)sc1C. The summed E-state index contributed by atoms with van der Waals surface area (Å²) in [4.78, 5) is 27.9. The Kier molecular flexibility index (Phi) is 6.61. The van der Waals surface area contributed by atoms with E-state index in [0.29, 0.717) is 17.6 Å². The van der Waals surface area contributed by atoms with E-state index in [1.807, 2.05) is 27.7 Å². The van der Waals surface area contributed by atoms with Crippen LogP contribution in [0.25, 0.3) is 0 Å². The molecule has 0 fully saturated rings. The van der Waals surface area contributed by atoms with E-state index in [9.17, 15) is 9.59 Å². The Morgan fingerprint density at radius 1 is 1.33 bits per heavy atom. The molecule has 6 nitrogen and oxygen atoms in total. The lowest BCUT2D eigenvalue weighted by molar-refractivity contribution is -0.138. The van der Waals surface area contributed by atoms with Crippen LogP contribution in [0.1, 0.15) is 37.3 Å². The molecule has 0 bridgehead atoms. The van der Waals surface area contributed by atoms with E-state index < -0.39 is 5.97 Å². The highest BCUT2D eigenvalue weighted by atomic mass is 32.1. The maximum atomic E-state index is 11.8. The number of urea groups is 1. The number of anilines is 1. The van der Waals surface area contributed by atoms with Crippen LogP contribution in [-0.4, -0.2) is 28.6 Å². The number of carboxylic acid groups (broad SMARTS) is 1. The molecule has 1 unspecified atom stereocenters. The van der Waals surface area contributed by atoms with Crippen LogP contribution < -0.4 is 10.6 Å². The molecule has 0 aromatic carbocycles. The summed E-state index contributed by atoms with van der Waals surface area (Å²) in [6.07, 6.45) is 0.829. The number of carboxylic acids is 1. The van der Waals surface area contributed by atoms with E-state index in [-0.39, 0.29) is 18.4 Å². The van der Waals surface area contributed by atoms with Crippen molar-refractivity contribution in [3.63, 3.8) is 0 Å². The summed E-state index contributed by atoms with van der Waals surface area (Å²) in [7, 11) is 0. The Morgan fingerprint density at radius 2 is 2.00 bits per heavy atom. The number of nitrogens with zero attached hydrogens (tertiary/aromatic N) is 1. The molecule has 1 atom stereocenters. The number of carbonyl (C=O) groups excluding carboxylic acids is 1. The predicted molar refractivity (Wildman–Crippen MR) is 83.8 cm³/mol. The molecule has 0 saturated heterocycles. The third kappa shape index (κ3) is 6.57. The summed E-state index contributed by atoms with van der Waals surface area (Å²) in [6, 6.07) is -0.345. The first-order chi connectivity index (χ1) is 9.77. The van der Waals surface area contributed by atoms with Crippen molar-refractivity contribution < 1.29 is 14.7 Å². The van der Waals surface area contributed by atoms with Gasteiger partial charge >= 0.3 is 12.0 Å². The minimum atomic E-state index is -0.839. The van der Waals surface area contributed by atoms with E-state index in [1.54, 1.807) is 0 Å². The lowest BCUT2D eigenvalue weighted by Gasteiger charge is -2.17. The second-order valence-corrected chi connectivity index (χ2v) is 6.79. The third-order valence-electron chi connectivity index (χ3n) is 3.07. The fourth-order valence-corrected chi connectivity index (χ4v) is 2.87. The molecule has 0 aliphatic carbocycles. The molecule has 0 spiro atoms. The molecule has 1 aromatic rings. The minimum absolute atomic E-state index is 0.0620. The monoisotopic (exact) mass is 313 g/mol. The summed E-state index contributed by atoms with van der Waals surface area (Å²) in [6.45, 7) is 8.26. The highest BCUT2D eigenvalue weighted by Crippen LogP contribution is 2.21. The molecule has 0 radical (unpaired) electrons. The molecule has 3 N–H and O–H groups in total. The summed E-state index contributed by atoms with van der Waals surface area (Å²) in [5.74, 6) is -0.509. The normalized spacial score (nSPS) is 12.2. The fraction of sp³-hybridized carbons (Fsp3) is 0.643. The first-order valence-corrected chi connectivity index (χ1v) is 7.80. The van der Waals surface area contributed by atoms with Crippen molar-refractivity contribution in [3.05, 3.63) is 10.6 Å². The van der Waals surface area contributed by atoms with Gasteiger partial charge in [0, 0.05) is 17.8 Å². The second-order valence-electron chi connectivity index (χ2n) is 5.59. The van der Waals surface area contributed by atoms with Crippen molar-refractivity contribution >= 4 is 28.5 Å². The van der Waals surface area contributed by atoms with Crippen molar-refractivity contribution in [2.45, 2.75) is 40.5 Å². The lowest BCUT2D eigenvalue weighted by Crippen LogP contribution is -2.34. The van der Waals surface area contributed by atoms with Gasteiger partial charge in [-0.3, -0.25) is 10.1 Å². The molecule has 1 aromatic heterocycles. The number of hydrogen-bond acceptors (Lipinski definition) is 4. The highest BCUT2D eigenvalue weighted by molar-refractivity contribution is 7.15. The van der Waals surface area contributed by atoms with E-state index >= 15 is 0 Å². The van der Waals surface area contributed by atoms with Crippen LogP contribution in [0.2, 0.25) is 0 Å². The van der Waals surface area contributed by atoms with Crippen LogP contribution in [0, 0.1) is 25.7 Å². The third-order valence-corrected chi connectivity index (χ3v) is 4.06. The van der Waals surface area contributed by atoms with Crippen LogP contribution >= 0.6 is 11.3 Å². The Labute approximate surface area is 129 Å². The predicted octanol–water partition coefficient (Wildman–Crippen LogP) is 3.02. The number of thiazole rings is 1. The summed E-state index contributed by atoms with van der Waals surface area (Å²) in [5, 5.41) is 14.8. The summed E-state index contributed by atoms with van der Waals surface area (Å²) < 4.78 is 0. The average molecular weight is 313 g/mol. The van der Waals surface area contributed by atoms with Crippen LogP contribution in [0.15, 0.2) is 0 Å². The van der Waals surface area contributed by atoms with E-state index in [2.05, 4.69) is 15.6 Å². The molecule has 118 valence electrons. The van der Waals surface area contributed by atoms with E-state index in [0.717, 1.165) is 17.0 Å². The molecule has 0 aliphatic rings. The van der Waals surface area contributed by atoms with Crippen LogP contribution in [0.5, 0.6) is 0 Å². The van der Waals surface area contributed by atoms with Gasteiger partial charge in [-0.2, -0.15) is 0 Å². The highest BCUT2D eigenvalue weighted by Gasteiger charge is 2.16. The zero-order valence-electron chi connectivity index (χ0n) is 12.9. The zero-order chi connectivity index (χ0) is 16.0. The van der Waals surface area contributed by atoms with Crippen molar-refractivity contribution in [2.75, 3.05) is 11.9 Å². The number of aliphatic carboxylic acids is 1. The number of nitrogens with one attached hydrogen (secondary N) is 2. The van der Waals surface area contributed by atoms with Gasteiger partial charge < -0.3 is 10.4 Å². The number of aryl methyl sites for hydroxylation is 2. The van der Waals surface area contributed by atoms with E-state index in [1.165, 1.54) is 11.3 Å². The molecule has 7 heteroatoms. The van der Waals surface area contributed by atoms with Gasteiger partial charge in [0.25, 0.3) is 0 Å². The van der Waals surface area contributed by atoms with Gasteiger partial charge in [-0.05, 0) is 32.1 Å². The number of hydrogen-bond donors (Lipinski definition) is 3. The standard InChI is InChI=1S/C14H23N3O3S/c1-8(2)5-11(6-12(18)19)7-15-13(20)17-14-16-9(3)10(4)21-14/h8,11H,5-7H2,1-4H3,(H,18,19)(H2,15,16,17,20).